The van der Waals surface area contributed by atoms with Crippen LogP contribution in [-0.2, 0) is 0 Å². The van der Waals surface area contributed by atoms with Gasteiger partial charge in [-0.2, -0.15) is 11.8 Å². The van der Waals surface area contributed by atoms with Gasteiger partial charge < -0.3 is 0 Å². The van der Waals surface area contributed by atoms with Crippen molar-refractivity contribution in [3.8, 4) is 0 Å². The Hall–Kier alpha value is 0.350. The van der Waals surface area contributed by atoms with Crippen LogP contribution in [0, 0.1) is 5.92 Å². The molecule has 0 spiro atoms. The van der Waals surface area contributed by atoms with Gasteiger partial charge in [-0.25, -0.2) is 0 Å². The number of hydrogen-bond donors (Lipinski definition) is 0. The summed E-state index contributed by atoms with van der Waals surface area (Å²) in [7, 11) is 0. The Bertz CT molecular complexity index is 123. The second-order valence-corrected chi connectivity index (χ2v) is 5.72. The molecule has 70 valence electrons. The fourth-order valence-electron chi connectivity index (χ4n) is 2.16. The van der Waals surface area contributed by atoms with Gasteiger partial charge in [0.2, 0.25) is 0 Å². The average Bonchev–Trinajstić information content (AvgIpc) is 2.04. The third kappa shape index (κ3) is 2.42. The lowest BCUT2D eigenvalue weighted by atomic mass is 9.91. The highest BCUT2D eigenvalue weighted by atomic mass is 32.2. The van der Waals surface area contributed by atoms with Crippen molar-refractivity contribution in [1.29, 1.82) is 0 Å². The molecule has 0 aromatic rings. The zero-order valence-corrected chi connectivity index (χ0v) is 8.74. The van der Waals surface area contributed by atoms with E-state index in [9.17, 15) is 0 Å². The number of thioether (sulfide) groups is 1. The van der Waals surface area contributed by atoms with Gasteiger partial charge in [0.05, 0.1) is 0 Å². The van der Waals surface area contributed by atoms with E-state index in [1.165, 1.54) is 57.1 Å². The zero-order chi connectivity index (χ0) is 8.23. The Balaban J connectivity index is 1.58. The van der Waals surface area contributed by atoms with Crippen molar-refractivity contribution in [2.45, 2.75) is 56.6 Å². The van der Waals surface area contributed by atoms with Crippen LogP contribution < -0.4 is 0 Å². The minimum absolute atomic E-state index is 1.06. The molecule has 0 aromatic heterocycles. The van der Waals surface area contributed by atoms with Crippen molar-refractivity contribution >= 4 is 11.8 Å². The Kier molecular flexibility index (Phi) is 3.38. The van der Waals surface area contributed by atoms with Crippen molar-refractivity contribution in [3.05, 3.63) is 0 Å². The first-order valence-corrected chi connectivity index (χ1v) is 6.61. The molecule has 1 heteroatoms. The van der Waals surface area contributed by atoms with E-state index in [1.54, 1.807) is 0 Å². The Morgan fingerprint density at radius 1 is 0.833 bits per heavy atom. The summed E-state index contributed by atoms with van der Waals surface area (Å²) in [5, 5.41) is 1.06. The molecule has 0 saturated heterocycles. The van der Waals surface area contributed by atoms with Gasteiger partial charge in [-0.05, 0) is 37.4 Å². The fourth-order valence-corrected chi connectivity index (χ4v) is 3.71. The van der Waals surface area contributed by atoms with Gasteiger partial charge in [0.25, 0.3) is 0 Å². The normalized spacial score (nSPS) is 27.0. The van der Waals surface area contributed by atoms with Crippen LogP contribution in [0.1, 0.15) is 51.4 Å². The third-order valence-corrected chi connectivity index (χ3v) is 4.95. The van der Waals surface area contributed by atoms with Gasteiger partial charge in [-0.15, -0.1) is 0 Å². The summed E-state index contributed by atoms with van der Waals surface area (Å²) in [6, 6.07) is 0. The van der Waals surface area contributed by atoms with E-state index in [0.717, 1.165) is 11.2 Å². The molecule has 2 fully saturated rings. The van der Waals surface area contributed by atoms with Gasteiger partial charge in [-0.3, -0.25) is 0 Å². The first-order valence-electron chi connectivity index (χ1n) is 5.57. The smallest absolute Gasteiger partial charge is 0.00471 e. The van der Waals surface area contributed by atoms with E-state index < -0.39 is 0 Å². The molecule has 12 heavy (non-hydrogen) atoms. The summed E-state index contributed by atoms with van der Waals surface area (Å²) in [6.07, 6.45) is 12.1. The van der Waals surface area contributed by atoms with Crippen LogP contribution in [0.2, 0.25) is 0 Å². The van der Waals surface area contributed by atoms with Crippen molar-refractivity contribution in [3.63, 3.8) is 0 Å². The van der Waals surface area contributed by atoms with Gasteiger partial charge in [0.15, 0.2) is 0 Å². The van der Waals surface area contributed by atoms with Crippen molar-refractivity contribution in [2.75, 3.05) is 5.75 Å². The van der Waals surface area contributed by atoms with E-state index in [0.29, 0.717) is 0 Å². The summed E-state index contributed by atoms with van der Waals surface area (Å²) in [5.74, 6) is 2.56. The zero-order valence-electron chi connectivity index (χ0n) is 7.93. The van der Waals surface area contributed by atoms with E-state index in [-0.39, 0.29) is 0 Å². The van der Waals surface area contributed by atoms with Crippen LogP contribution in [0.3, 0.4) is 0 Å². The molecule has 2 aliphatic rings. The summed E-state index contributed by atoms with van der Waals surface area (Å²) < 4.78 is 0. The maximum atomic E-state index is 2.27. The third-order valence-electron chi connectivity index (χ3n) is 3.34. The minimum Gasteiger partial charge on any atom is -0.158 e. The molecule has 0 aromatic carbocycles. The first-order chi connectivity index (χ1) is 5.95. The Morgan fingerprint density at radius 2 is 1.58 bits per heavy atom. The molecule has 0 bridgehead atoms. The van der Waals surface area contributed by atoms with Gasteiger partial charge in [0.1, 0.15) is 0 Å². The molecular formula is C11H20S. The number of hydrogen-bond acceptors (Lipinski definition) is 1. The maximum Gasteiger partial charge on any atom is 0.00471 e. The van der Waals surface area contributed by atoms with Crippen molar-refractivity contribution < 1.29 is 0 Å². The van der Waals surface area contributed by atoms with Crippen molar-refractivity contribution in [1.82, 2.24) is 0 Å². The SMILES string of the molecule is C1CCC(CSC2CCC2)CC1. The number of rotatable bonds is 3. The van der Waals surface area contributed by atoms with E-state index in [1.807, 2.05) is 0 Å². The molecule has 0 N–H and O–H groups in total. The quantitative estimate of drug-likeness (QED) is 0.642. The summed E-state index contributed by atoms with van der Waals surface area (Å²) in [4.78, 5) is 0. The predicted molar refractivity (Wildman–Crippen MR) is 56.7 cm³/mol. The highest BCUT2D eigenvalue weighted by molar-refractivity contribution is 7.99. The first kappa shape index (κ1) is 8.93. The van der Waals surface area contributed by atoms with Crippen LogP contribution in [0.5, 0.6) is 0 Å². The molecule has 0 amide bonds. The largest absolute Gasteiger partial charge is 0.158 e. The lowest BCUT2D eigenvalue weighted by molar-refractivity contribution is 0.389. The molecular weight excluding hydrogens is 164 g/mol. The van der Waals surface area contributed by atoms with E-state index >= 15 is 0 Å². The van der Waals surface area contributed by atoms with Crippen LogP contribution >= 0.6 is 11.8 Å². The second-order valence-electron chi connectivity index (χ2n) is 4.39. The molecule has 0 radical (unpaired) electrons. The lowest BCUT2D eigenvalue weighted by Gasteiger charge is -2.28. The molecule has 2 saturated carbocycles. The van der Waals surface area contributed by atoms with Crippen LogP contribution in [0.15, 0.2) is 0 Å². The van der Waals surface area contributed by atoms with Crippen molar-refractivity contribution in [2.24, 2.45) is 5.92 Å². The maximum absolute atomic E-state index is 2.27. The second kappa shape index (κ2) is 4.55. The summed E-state index contributed by atoms with van der Waals surface area (Å²) >= 11 is 2.27. The van der Waals surface area contributed by atoms with Crippen LogP contribution in [-0.4, -0.2) is 11.0 Å². The molecule has 2 aliphatic carbocycles. The standard InChI is InChI=1S/C11H20S/c1-2-5-10(6-3-1)9-12-11-7-4-8-11/h10-11H,1-9H2. The minimum atomic E-state index is 1.06. The highest BCUT2D eigenvalue weighted by Gasteiger charge is 2.20. The van der Waals surface area contributed by atoms with Crippen LogP contribution in [0.25, 0.3) is 0 Å². The molecule has 0 heterocycles. The highest BCUT2D eigenvalue weighted by Crippen LogP contribution is 2.35. The van der Waals surface area contributed by atoms with E-state index in [2.05, 4.69) is 11.8 Å². The fraction of sp³-hybridized carbons (Fsp3) is 1.00. The summed E-state index contributed by atoms with van der Waals surface area (Å²) in [6.45, 7) is 0. The topological polar surface area (TPSA) is 0 Å². The van der Waals surface area contributed by atoms with Gasteiger partial charge in [-0.1, -0.05) is 25.7 Å². The lowest BCUT2D eigenvalue weighted by Crippen LogP contribution is -2.17. The Labute approximate surface area is 80.5 Å². The summed E-state index contributed by atoms with van der Waals surface area (Å²) in [5.41, 5.74) is 0. The van der Waals surface area contributed by atoms with Crippen LogP contribution in [0.4, 0.5) is 0 Å². The molecule has 0 atom stereocenters. The van der Waals surface area contributed by atoms with Gasteiger partial charge >= 0.3 is 0 Å². The monoisotopic (exact) mass is 184 g/mol. The van der Waals surface area contributed by atoms with Gasteiger partial charge in [0, 0.05) is 5.25 Å². The molecule has 0 unspecified atom stereocenters. The van der Waals surface area contributed by atoms with E-state index in [4.69, 9.17) is 0 Å². The Morgan fingerprint density at radius 3 is 2.17 bits per heavy atom. The molecule has 2 rings (SSSR count). The molecule has 0 aliphatic heterocycles. The average molecular weight is 184 g/mol. The molecule has 0 nitrogen and oxygen atoms in total. The predicted octanol–water partition coefficient (Wildman–Crippen LogP) is 3.85.